The molecule has 1 heterocycles. The number of nitrogens with two attached hydrogens (primary N) is 1. The van der Waals surface area contributed by atoms with E-state index >= 15 is 0 Å². The third kappa shape index (κ3) is 1.68. The van der Waals surface area contributed by atoms with Gasteiger partial charge >= 0.3 is 5.97 Å². The number of rotatable bonds is 1. The van der Waals surface area contributed by atoms with Gasteiger partial charge in [0, 0.05) is 12.6 Å². The highest BCUT2D eigenvalue weighted by atomic mass is 16.4. The lowest BCUT2D eigenvalue weighted by molar-refractivity contribution is -0.140. The number of aliphatic carboxylic acids is 1. The summed E-state index contributed by atoms with van der Waals surface area (Å²) in [7, 11) is 0. The summed E-state index contributed by atoms with van der Waals surface area (Å²) < 4.78 is 0. The first-order valence-corrected chi connectivity index (χ1v) is 3.42. The van der Waals surface area contributed by atoms with E-state index in [9.17, 15) is 4.79 Å². The Labute approximate surface area is 59.4 Å². The maximum atomic E-state index is 10.4. The van der Waals surface area contributed by atoms with Crippen molar-refractivity contribution in [2.75, 3.05) is 6.54 Å². The SMILES string of the molecule is NC1CCC(C(=O)O)NC1. The molecule has 1 aliphatic rings. The zero-order valence-corrected chi connectivity index (χ0v) is 5.71. The summed E-state index contributed by atoms with van der Waals surface area (Å²) in [6.07, 6.45) is 1.46. The van der Waals surface area contributed by atoms with Crippen LogP contribution in [0.2, 0.25) is 0 Å². The second-order valence-corrected chi connectivity index (χ2v) is 2.64. The van der Waals surface area contributed by atoms with E-state index < -0.39 is 5.97 Å². The monoisotopic (exact) mass is 144 g/mol. The molecule has 0 aromatic heterocycles. The Bertz CT molecular complexity index is 130. The van der Waals surface area contributed by atoms with Gasteiger partial charge in [0.05, 0.1) is 0 Å². The van der Waals surface area contributed by atoms with Crippen molar-refractivity contribution >= 4 is 5.97 Å². The molecule has 0 saturated carbocycles. The van der Waals surface area contributed by atoms with Crippen LogP contribution in [0.1, 0.15) is 12.8 Å². The number of carboxylic acids is 1. The average Bonchev–Trinajstić information content (AvgIpc) is 1.88. The fourth-order valence-corrected chi connectivity index (χ4v) is 1.09. The third-order valence-corrected chi connectivity index (χ3v) is 1.75. The van der Waals surface area contributed by atoms with E-state index in [1.165, 1.54) is 0 Å². The van der Waals surface area contributed by atoms with E-state index in [2.05, 4.69) is 5.32 Å². The molecular weight excluding hydrogens is 132 g/mol. The Kier molecular flexibility index (Phi) is 2.24. The molecular formula is C6H12N2O2. The molecule has 1 saturated heterocycles. The van der Waals surface area contributed by atoms with Crippen molar-refractivity contribution in [3.8, 4) is 0 Å². The van der Waals surface area contributed by atoms with Crippen LogP contribution in [0.5, 0.6) is 0 Å². The van der Waals surface area contributed by atoms with Crippen LogP contribution in [0.25, 0.3) is 0 Å². The first-order chi connectivity index (χ1) is 4.70. The molecule has 0 radical (unpaired) electrons. The average molecular weight is 144 g/mol. The fraction of sp³-hybridized carbons (Fsp3) is 0.833. The summed E-state index contributed by atoms with van der Waals surface area (Å²) in [6.45, 7) is 0.622. The van der Waals surface area contributed by atoms with Crippen molar-refractivity contribution in [2.24, 2.45) is 5.73 Å². The highest BCUT2D eigenvalue weighted by molar-refractivity contribution is 5.73. The minimum atomic E-state index is -0.771. The lowest BCUT2D eigenvalue weighted by Gasteiger charge is -2.24. The molecule has 10 heavy (non-hydrogen) atoms. The molecule has 58 valence electrons. The molecule has 2 unspecified atom stereocenters. The van der Waals surface area contributed by atoms with Crippen LogP contribution in [-0.4, -0.2) is 29.7 Å². The topological polar surface area (TPSA) is 75.4 Å². The summed E-state index contributed by atoms with van der Waals surface area (Å²) >= 11 is 0. The van der Waals surface area contributed by atoms with Crippen molar-refractivity contribution in [2.45, 2.75) is 24.9 Å². The van der Waals surface area contributed by atoms with Gasteiger partial charge in [-0.05, 0) is 12.8 Å². The molecule has 0 aromatic carbocycles. The second kappa shape index (κ2) is 2.98. The van der Waals surface area contributed by atoms with Crippen LogP contribution in [0.4, 0.5) is 0 Å². The number of hydrogen-bond donors (Lipinski definition) is 3. The lowest BCUT2D eigenvalue weighted by Crippen LogP contribution is -2.48. The van der Waals surface area contributed by atoms with Crippen molar-refractivity contribution in [1.29, 1.82) is 0 Å². The third-order valence-electron chi connectivity index (χ3n) is 1.75. The van der Waals surface area contributed by atoms with E-state index in [0.29, 0.717) is 13.0 Å². The molecule has 4 N–H and O–H groups in total. The molecule has 1 aliphatic heterocycles. The van der Waals surface area contributed by atoms with Crippen molar-refractivity contribution in [1.82, 2.24) is 5.32 Å². The zero-order chi connectivity index (χ0) is 7.56. The van der Waals surface area contributed by atoms with Crippen molar-refractivity contribution in [3.63, 3.8) is 0 Å². The van der Waals surface area contributed by atoms with Crippen LogP contribution in [0.3, 0.4) is 0 Å². The van der Waals surface area contributed by atoms with E-state index in [0.717, 1.165) is 6.42 Å². The molecule has 1 fully saturated rings. The number of piperidine rings is 1. The largest absolute Gasteiger partial charge is 0.480 e. The molecule has 1 rings (SSSR count). The molecule has 0 amide bonds. The zero-order valence-electron chi connectivity index (χ0n) is 5.71. The molecule has 0 bridgehead atoms. The lowest BCUT2D eigenvalue weighted by atomic mass is 10.0. The van der Waals surface area contributed by atoms with Gasteiger partial charge in [-0.15, -0.1) is 0 Å². The van der Waals surface area contributed by atoms with Gasteiger partial charge < -0.3 is 16.2 Å². The fourth-order valence-electron chi connectivity index (χ4n) is 1.09. The molecule has 0 spiro atoms. The van der Waals surface area contributed by atoms with Gasteiger partial charge in [-0.1, -0.05) is 0 Å². The first kappa shape index (κ1) is 7.50. The normalized spacial score (nSPS) is 33.7. The van der Waals surface area contributed by atoms with Crippen LogP contribution in [0.15, 0.2) is 0 Å². The van der Waals surface area contributed by atoms with Gasteiger partial charge in [0.1, 0.15) is 6.04 Å². The Morgan fingerprint density at radius 1 is 1.60 bits per heavy atom. The van der Waals surface area contributed by atoms with E-state index in [1.54, 1.807) is 0 Å². The van der Waals surface area contributed by atoms with Gasteiger partial charge in [-0.3, -0.25) is 4.79 Å². The number of hydrogen-bond acceptors (Lipinski definition) is 3. The van der Waals surface area contributed by atoms with Gasteiger partial charge in [-0.25, -0.2) is 0 Å². The van der Waals surface area contributed by atoms with Gasteiger partial charge in [-0.2, -0.15) is 0 Å². The van der Waals surface area contributed by atoms with Gasteiger partial charge in [0.2, 0.25) is 0 Å². The number of nitrogens with one attached hydrogen (secondary N) is 1. The highest BCUT2D eigenvalue weighted by Crippen LogP contribution is 2.05. The van der Waals surface area contributed by atoms with Crippen LogP contribution < -0.4 is 11.1 Å². The Hall–Kier alpha value is -0.610. The van der Waals surface area contributed by atoms with Crippen molar-refractivity contribution < 1.29 is 9.90 Å². The molecule has 0 aliphatic carbocycles. The number of carbonyl (C=O) groups is 1. The minimum Gasteiger partial charge on any atom is -0.480 e. The first-order valence-electron chi connectivity index (χ1n) is 3.42. The summed E-state index contributed by atoms with van der Waals surface area (Å²) in [5, 5.41) is 11.4. The maximum absolute atomic E-state index is 10.4. The Morgan fingerprint density at radius 3 is 2.70 bits per heavy atom. The second-order valence-electron chi connectivity index (χ2n) is 2.64. The van der Waals surface area contributed by atoms with Gasteiger partial charge in [0.25, 0.3) is 0 Å². The Balaban J connectivity index is 2.33. The van der Waals surface area contributed by atoms with Crippen LogP contribution in [0, 0.1) is 0 Å². The Morgan fingerprint density at radius 2 is 2.30 bits per heavy atom. The summed E-state index contributed by atoms with van der Waals surface area (Å²) in [5.74, 6) is -0.771. The smallest absolute Gasteiger partial charge is 0.320 e. The molecule has 4 nitrogen and oxygen atoms in total. The standard InChI is InChI=1S/C6H12N2O2/c7-4-1-2-5(6(9)10)8-3-4/h4-5,8H,1-3,7H2,(H,9,10). The molecule has 4 heteroatoms. The highest BCUT2D eigenvalue weighted by Gasteiger charge is 2.22. The quantitative estimate of drug-likeness (QED) is 0.448. The summed E-state index contributed by atoms with van der Waals surface area (Å²) in [4.78, 5) is 10.4. The van der Waals surface area contributed by atoms with E-state index in [-0.39, 0.29) is 12.1 Å². The number of carboxylic acid groups (broad SMARTS) is 1. The predicted molar refractivity (Wildman–Crippen MR) is 36.6 cm³/mol. The summed E-state index contributed by atoms with van der Waals surface area (Å²) in [6, 6.07) is -0.240. The maximum Gasteiger partial charge on any atom is 0.320 e. The predicted octanol–water partition coefficient (Wildman–Crippen LogP) is -0.850. The molecule has 2 atom stereocenters. The van der Waals surface area contributed by atoms with E-state index in [4.69, 9.17) is 10.8 Å². The molecule has 0 aromatic rings. The van der Waals surface area contributed by atoms with Gasteiger partial charge in [0.15, 0.2) is 0 Å². The summed E-state index contributed by atoms with van der Waals surface area (Å²) in [5.41, 5.74) is 5.54. The van der Waals surface area contributed by atoms with E-state index in [1.807, 2.05) is 0 Å². The minimum absolute atomic E-state index is 0.135. The van der Waals surface area contributed by atoms with Crippen LogP contribution >= 0.6 is 0 Å². The van der Waals surface area contributed by atoms with Crippen LogP contribution in [-0.2, 0) is 4.79 Å². The van der Waals surface area contributed by atoms with Crippen molar-refractivity contribution in [3.05, 3.63) is 0 Å².